The molecule has 3 aromatic rings. The van der Waals surface area contributed by atoms with Crippen LogP contribution in [0, 0.1) is 0 Å². The van der Waals surface area contributed by atoms with E-state index in [2.05, 4.69) is 56.5 Å². The number of thiophene rings is 1. The van der Waals surface area contributed by atoms with Gasteiger partial charge in [0.1, 0.15) is 0 Å². The van der Waals surface area contributed by atoms with E-state index in [0.717, 1.165) is 43.2 Å². The lowest BCUT2D eigenvalue weighted by Crippen LogP contribution is -2.49. The predicted molar refractivity (Wildman–Crippen MR) is 117 cm³/mol. The zero-order valence-corrected chi connectivity index (χ0v) is 17.2. The smallest absolute Gasteiger partial charge is 0.261 e. The maximum atomic E-state index is 12.4. The number of aromatic nitrogens is 1. The van der Waals surface area contributed by atoms with E-state index in [1.807, 2.05) is 29.8 Å². The Hall–Kier alpha value is -2.54. The van der Waals surface area contributed by atoms with Gasteiger partial charge in [0.05, 0.1) is 10.9 Å². The van der Waals surface area contributed by atoms with E-state index in [-0.39, 0.29) is 11.9 Å². The van der Waals surface area contributed by atoms with Gasteiger partial charge in [-0.15, -0.1) is 11.3 Å². The fourth-order valence-electron chi connectivity index (χ4n) is 3.79. The van der Waals surface area contributed by atoms with Crippen LogP contribution in [-0.2, 0) is 6.54 Å². The predicted octanol–water partition coefficient (Wildman–Crippen LogP) is 3.43. The summed E-state index contributed by atoms with van der Waals surface area (Å²) in [5.74, 6) is -0.00314. The molecule has 1 aliphatic rings. The van der Waals surface area contributed by atoms with Crippen molar-refractivity contribution in [1.29, 1.82) is 0 Å². The average molecular weight is 407 g/mol. The number of benzene rings is 1. The molecule has 0 aliphatic carbocycles. The van der Waals surface area contributed by atoms with Gasteiger partial charge in [-0.25, -0.2) is 0 Å². The molecule has 1 saturated heterocycles. The Morgan fingerprint density at radius 1 is 1.03 bits per heavy atom. The fourth-order valence-corrected chi connectivity index (χ4v) is 4.43. The van der Waals surface area contributed by atoms with Crippen molar-refractivity contribution in [3.8, 4) is 0 Å². The molecule has 0 saturated carbocycles. The van der Waals surface area contributed by atoms with Gasteiger partial charge < -0.3 is 5.32 Å². The van der Waals surface area contributed by atoms with E-state index in [4.69, 9.17) is 0 Å². The summed E-state index contributed by atoms with van der Waals surface area (Å²) in [4.78, 5) is 22.5. The summed E-state index contributed by atoms with van der Waals surface area (Å²) in [6.45, 7) is 5.56. The molecule has 1 amide bonds. The van der Waals surface area contributed by atoms with E-state index >= 15 is 0 Å². The van der Waals surface area contributed by atoms with Gasteiger partial charge in [0, 0.05) is 51.7 Å². The van der Waals surface area contributed by atoms with Gasteiger partial charge in [0.2, 0.25) is 0 Å². The second-order valence-corrected chi connectivity index (χ2v) is 8.23. The third-order valence-corrected chi connectivity index (χ3v) is 6.24. The summed E-state index contributed by atoms with van der Waals surface area (Å²) in [5, 5.41) is 5.05. The van der Waals surface area contributed by atoms with Crippen molar-refractivity contribution in [1.82, 2.24) is 20.1 Å². The second-order valence-electron chi connectivity index (χ2n) is 7.29. The van der Waals surface area contributed by atoms with Gasteiger partial charge >= 0.3 is 0 Å². The van der Waals surface area contributed by atoms with Crippen LogP contribution >= 0.6 is 11.3 Å². The number of carbonyl (C=O) groups excluding carboxylic acids is 1. The normalized spacial score (nSPS) is 16.4. The summed E-state index contributed by atoms with van der Waals surface area (Å²) in [7, 11) is 0. The zero-order chi connectivity index (χ0) is 19.9. The van der Waals surface area contributed by atoms with Crippen molar-refractivity contribution >= 4 is 17.2 Å². The molecule has 0 radical (unpaired) electrons. The van der Waals surface area contributed by atoms with Crippen LogP contribution < -0.4 is 5.32 Å². The molecule has 0 unspecified atom stereocenters. The second kappa shape index (κ2) is 9.78. The minimum Gasteiger partial charge on any atom is -0.349 e. The number of nitrogens with one attached hydrogen (secondary N) is 1. The van der Waals surface area contributed by atoms with Crippen LogP contribution in [0.2, 0.25) is 0 Å². The topological polar surface area (TPSA) is 48.5 Å². The molecule has 5 nitrogen and oxygen atoms in total. The Balaban J connectivity index is 1.38. The first-order valence-corrected chi connectivity index (χ1v) is 10.9. The molecule has 4 rings (SSSR count). The van der Waals surface area contributed by atoms with Crippen LogP contribution in [0.25, 0.3) is 0 Å². The Bertz CT molecular complexity index is 878. The number of piperazine rings is 1. The number of hydrogen-bond acceptors (Lipinski definition) is 5. The summed E-state index contributed by atoms with van der Waals surface area (Å²) in [6.07, 6.45) is 3.71. The largest absolute Gasteiger partial charge is 0.349 e. The van der Waals surface area contributed by atoms with E-state index in [1.165, 1.54) is 16.9 Å². The van der Waals surface area contributed by atoms with Gasteiger partial charge in [-0.05, 0) is 28.6 Å². The summed E-state index contributed by atoms with van der Waals surface area (Å²) < 4.78 is 0. The number of rotatable bonds is 7. The van der Waals surface area contributed by atoms with Crippen LogP contribution in [0.5, 0.6) is 0 Å². The van der Waals surface area contributed by atoms with Gasteiger partial charge in [0.25, 0.3) is 5.91 Å². The highest BCUT2D eigenvalue weighted by Gasteiger charge is 2.26. The van der Waals surface area contributed by atoms with Crippen molar-refractivity contribution in [2.45, 2.75) is 12.6 Å². The van der Waals surface area contributed by atoms with Crippen molar-refractivity contribution in [3.63, 3.8) is 0 Å². The van der Waals surface area contributed by atoms with Crippen molar-refractivity contribution in [2.24, 2.45) is 0 Å². The molecule has 1 aliphatic heterocycles. The molecule has 150 valence electrons. The fraction of sp³-hybridized carbons (Fsp3) is 0.304. The number of nitrogens with zero attached hydrogens (tertiary/aromatic N) is 3. The number of hydrogen-bond donors (Lipinski definition) is 1. The maximum Gasteiger partial charge on any atom is 0.261 e. The minimum atomic E-state index is -0.00314. The maximum absolute atomic E-state index is 12.4. The van der Waals surface area contributed by atoms with Gasteiger partial charge in [-0.1, -0.05) is 42.5 Å². The minimum absolute atomic E-state index is 0.00314. The molecule has 2 aromatic heterocycles. The Kier molecular flexibility index (Phi) is 6.67. The Morgan fingerprint density at radius 3 is 2.55 bits per heavy atom. The van der Waals surface area contributed by atoms with Crippen LogP contribution in [0.15, 0.2) is 72.4 Å². The van der Waals surface area contributed by atoms with E-state index in [0.29, 0.717) is 6.54 Å². The number of amides is 1. The SMILES string of the molecule is O=C(NC[C@H](c1cccnc1)N1CCN(Cc2ccccc2)CC1)c1cccs1. The van der Waals surface area contributed by atoms with Crippen LogP contribution in [0.1, 0.15) is 26.8 Å². The quantitative estimate of drug-likeness (QED) is 0.653. The third-order valence-electron chi connectivity index (χ3n) is 5.37. The first-order valence-electron chi connectivity index (χ1n) is 10.0. The van der Waals surface area contributed by atoms with Crippen LogP contribution in [0.4, 0.5) is 0 Å². The highest BCUT2D eigenvalue weighted by atomic mass is 32.1. The molecule has 3 heterocycles. The summed E-state index contributed by atoms with van der Waals surface area (Å²) in [6, 6.07) is 18.6. The molecule has 1 atom stereocenters. The van der Waals surface area contributed by atoms with E-state index in [9.17, 15) is 4.79 Å². The summed E-state index contributed by atoms with van der Waals surface area (Å²) in [5.41, 5.74) is 2.50. The lowest BCUT2D eigenvalue weighted by molar-refractivity contribution is 0.0824. The van der Waals surface area contributed by atoms with Gasteiger partial charge in [-0.3, -0.25) is 19.6 Å². The molecular formula is C23H26N4OS. The van der Waals surface area contributed by atoms with Crippen molar-refractivity contribution < 1.29 is 4.79 Å². The van der Waals surface area contributed by atoms with Crippen molar-refractivity contribution in [3.05, 3.63) is 88.4 Å². The summed E-state index contributed by atoms with van der Waals surface area (Å²) >= 11 is 1.47. The highest BCUT2D eigenvalue weighted by Crippen LogP contribution is 2.22. The average Bonchev–Trinajstić information content (AvgIpc) is 3.31. The van der Waals surface area contributed by atoms with Gasteiger partial charge in [-0.2, -0.15) is 0 Å². The lowest BCUT2D eigenvalue weighted by atomic mass is 10.1. The van der Waals surface area contributed by atoms with Crippen LogP contribution in [-0.4, -0.2) is 53.4 Å². The van der Waals surface area contributed by atoms with E-state index < -0.39 is 0 Å². The number of pyridine rings is 1. The zero-order valence-electron chi connectivity index (χ0n) is 16.4. The standard InChI is InChI=1S/C23H26N4OS/c28-23(22-9-5-15-29-22)25-17-21(20-8-4-10-24-16-20)27-13-11-26(12-14-27)18-19-6-2-1-3-7-19/h1-10,15-16,21H,11-14,17-18H2,(H,25,28)/t21-/m1/s1. The van der Waals surface area contributed by atoms with Crippen LogP contribution in [0.3, 0.4) is 0 Å². The molecule has 6 heteroatoms. The molecule has 1 aromatic carbocycles. The Morgan fingerprint density at radius 2 is 1.86 bits per heavy atom. The molecule has 1 fully saturated rings. The Labute approximate surface area is 176 Å². The first kappa shape index (κ1) is 19.8. The molecule has 1 N–H and O–H groups in total. The molecule has 29 heavy (non-hydrogen) atoms. The molecule has 0 spiro atoms. The first-order chi connectivity index (χ1) is 14.3. The third kappa shape index (κ3) is 5.29. The lowest BCUT2D eigenvalue weighted by Gasteiger charge is -2.39. The van der Waals surface area contributed by atoms with Gasteiger partial charge in [0.15, 0.2) is 0 Å². The van der Waals surface area contributed by atoms with Crippen molar-refractivity contribution in [2.75, 3.05) is 32.7 Å². The molecular weight excluding hydrogens is 380 g/mol. The van der Waals surface area contributed by atoms with E-state index in [1.54, 1.807) is 6.20 Å². The highest BCUT2D eigenvalue weighted by molar-refractivity contribution is 7.12. The number of carbonyl (C=O) groups is 1. The monoisotopic (exact) mass is 406 g/mol. The molecule has 0 bridgehead atoms.